The summed E-state index contributed by atoms with van der Waals surface area (Å²) in [5, 5.41) is 10.3. The molecule has 1 heterocycles. The Bertz CT molecular complexity index is 1170. The van der Waals surface area contributed by atoms with Crippen molar-refractivity contribution >= 4 is 28.3 Å². The van der Waals surface area contributed by atoms with Gasteiger partial charge in [-0.15, -0.1) is 0 Å². The zero-order valence-corrected chi connectivity index (χ0v) is 16.6. The topological polar surface area (TPSA) is 105 Å². The van der Waals surface area contributed by atoms with Gasteiger partial charge in [0.25, 0.3) is 5.56 Å². The van der Waals surface area contributed by atoms with Gasteiger partial charge in [-0.3, -0.25) is 9.59 Å². The molecule has 3 aromatic rings. The number of aromatic amines is 1. The lowest BCUT2D eigenvalue weighted by atomic mass is 9.97. The summed E-state index contributed by atoms with van der Waals surface area (Å²) in [4.78, 5) is 32.2. The molecule has 8 heteroatoms. The molecule has 0 aliphatic carbocycles. The lowest BCUT2D eigenvalue weighted by Crippen LogP contribution is -2.20. The third kappa shape index (κ3) is 4.23. The van der Waals surface area contributed by atoms with Crippen molar-refractivity contribution < 1.29 is 14.3 Å². The zero-order valence-electron chi connectivity index (χ0n) is 15.9. The number of H-pyrrole nitrogens is 1. The number of nitrogens with one attached hydrogen (secondary N) is 1. The molecule has 0 spiro atoms. The van der Waals surface area contributed by atoms with E-state index >= 15 is 0 Å². The highest BCUT2D eigenvalue weighted by Crippen LogP contribution is 2.30. The second kappa shape index (κ2) is 8.76. The summed E-state index contributed by atoms with van der Waals surface area (Å²) in [6.45, 7) is 4.49. The molecule has 29 heavy (non-hydrogen) atoms. The third-order valence-electron chi connectivity index (χ3n) is 4.18. The number of aromatic nitrogens is 2. The first-order chi connectivity index (χ1) is 14.0. The second-order valence-corrected chi connectivity index (χ2v) is 6.50. The number of halogens is 1. The van der Waals surface area contributed by atoms with Crippen LogP contribution < -0.4 is 15.0 Å². The van der Waals surface area contributed by atoms with Gasteiger partial charge in [-0.25, -0.2) is 4.98 Å². The van der Waals surface area contributed by atoms with Crippen molar-refractivity contribution in [2.75, 3.05) is 13.2 Å². The summed E-state index contributed by atoms with van der Waals surface area (Å²) in [5.41, 5.74) is 0.111. The van der Waals surface area contributed by atoms with E-state index in [0.29, 0.717) is 40.6 Å². The van der Waals surface area contributed by atoms with Gasteiger partial charge in [0.05, 0.1) is 30.2 Å². The number of fused-ring (bicyclic) bond motifs is 1. The standard InChI is InChI=1S/C21H18ClN3O4/c1-3-28-17-8-5-12(9-18(17)29-4-2)19(26)15(11-23)20-24-16-10-13(22)6-7-14(16)21(27)25-20/h5-10,15H,3-4H2,1-2H3,(H,24,25,27). The molecule has 1 aromatic heterocycles. The molecule has 0 aliphatic heterocycles. The Hall–Kier alpha value is -3.37. The van der Waals surface area contributed by atoms with Crippen molar-refractivity contribution in [1.29, 1.82) is 5.26 Å². The van der Waals surface area contributed by atoms with E-state index in [9.17, 15) is 14.9 Å². The monoisotopic (exact) mass is 411 g/mol. The zero-order chi connectivity index (χ0) is 21.0. The Labute approximate surface area is 171 Å². The average Bonchev–Trinajstić information content (AvgIpc) is 2.69. The molecule has 0 saturated carbocycles. The van der Waals surface area contributed by atoms with Crippen LogP contribution in [-0.4, -0.2) is 29.0 Å². The van der Waals surface area contributed by atoms with E-state index in [2.05, 4.69) is 9.97 Å². The summed E-state index contributed by atoms with van der Waals surface area (Å²) < 4.78 is 11.0. The lowest BCUT2D eigenvalue weighted by Gasteiger charge is -2.13. The molecule has 0 bridgehead atoms. The van der Waals surface area contributed by atoms with Gasteiger partial charge in [0, 0.05) is 10.6 Å². The van der Waals surface area contributed by atoms with Crippen molar-refractivity contribution in [3.05, 3.63) is 63.2 Å². The summed E-state index contributed by atoms with van der Waals surface area (Å²) in [6.07, 6.45) is 0. The average molecular weight is 412 g/mol. The van der Waals surface area contributed by atoms with Crippen LogP contribution in [-0.2, 0) is 0 Å². The van der Waals surface area contributed by atoms with Crippen molar-refractivity contribution in [3.63, 3.8) is 0 Å². The number of ether oxygens (including phenoxy) is 2. The molecule has 3 rings (SSSR count). The van der Waals surface area contributed by atoms with Gasteiger partial charge in [0.1, 0.15) is 5.82 Å². The number of carbonyl (C=O) groups excluding carboxylic acids is 1. The van der Waals surface area contributed by atoms with E-state index in [1.807, 2.05) is 19.9 Å². The Morgan fingerprint density at radius 3 is 2.59 bits per heavy atom. The van der Waals surface area contributed by atoms with Crippen LogP contribution in [0.5, 0.6) is 11.5 Å². The van der Waals surface area contributed by atoms with Crippen LogP contribution in [0, 0.1) is 11.3 Å². The predicted octanol–water partition coefficient (Wildman–Crippen LogP) is 3.86. The summed E-state index contributed by atoms with van der Waals surface area (Å²) >= 11 is 5.97. The van der Waals surface area contributed by atoms with Crippen molar-refractivity contribution in [1.82, 2.24) is 9.97 Å². The Morgan fingerprint density at radius 2 is 1.90 bits per heavy atom. The fraction of sp³-hybridized carbons (Fsp3) is 0.238. The molecule has 1 N–H and O–H groups in total. The number of rotatable bonds is 7. The van der Waals surface area contributed by atoms with Gasteiger partial charge < -0.3 is 14.5 Å². The van der Waals surface area contributed by atoms with Gasteiger partial charge in [-0.1, -0.05) is 11.6 Å². The van der Waals surface area contributed by atoms with Crippen LogP contribution in [0.3, 0.4) is 0 Å². The SMILES string of the molecule is CCOc1ccc(C(=O)C(C#N)c2nc3cc(Cl)ccc3c(=O)[nH]2)cc1OCC. The first-order valence-electron chi connectivity index (χ1n) is 9.01. The fourth-order valence-electron chi connectivity index (χ4n) is 2.88. The molecule has 0 aliphatic rings. The number of Topliss-reactive ketones (excluding diaryl/α,β-unsaturated/α-hetero) is 1. The largest absolute Gasteiger partial charge is 0.490 e. The highest BCUT2D eigenvalue weighted by molar-refractivity contribution is 6.31. The van der Waals surface area contributed by atoms with Crippen LogP contribution >= 0.6 is 11.6 Å². The number of ketones is 1. The summed E-state index contributed by atoms with van der Waals surface area (Å²) in [5.74, 6) is -0.932. The molecule has 1 atom stereocenters. The molecule has 0 radical (unpaired) electrons. The van der Waals surface area contributed by atoms with Gasteiger partial charge in [0.2, 0.25) is 0 Å². The summed E-state index contributed by atoms with van der Waals surface area (Å²) in [6, 6.07) is 11.2. The normalized spacial score (nSPS) is 11.7. The van der Waals surface area contributed by atoms with Crippen molar-refractivity contribution in [2.24, 2.45) is 0 Å². The summed E-state index contributed by atoms with van der Waals surface area (Å²) in [7, 11) is 0. The Kier molecular flexibility index (Phi) is 6.15. The molecule has 0 amide bonds. The smallest absolute Gasteiger partial charge is 0.258 e. The maximum absolute atomic E-state index is 13.0. The van der Waals surface area contributed by atoms with Crippen LogP contribution in [0.4, 0.5) is 0 Å². The van der Waals surface area contributed by atoms with Crippen LogP contribution in [0.25, 0.3) is 10.9 Å². The molecular formula is C21H18ClN3O4. The van der Waals surface area contributed by atoms with Gasteiger partial charge >= 0.3 is 0 Å². The van der Waals surface area contributed by atoms with Gasteiger partial charge in [-0.2, -0.15) is 5.26 Å². The third-order valence-corrected chi connectivity index (χ3v) is 4.41. The van der Waals surface area contributed by atoms with E-state index in [1.54, 1.807) is 18.2 Å². The van der Waals surface area contributed by atoms with Gasteiger partial charge in [0.15, 0.2) is 23.2 Å². The maximum atomic E-state index is 13.0. The van der Waals surface area contributed by atoms with E-state index in [-0.39, 0.29) is 11.4 Å². The molecule has 0 fully saturated rings. The number of nitrogens with zero attached hydrogens (tertiary/aromatic N) is 2. The minimum atomic E-state index is -1.29. The number of hydrogen-bond acceptors (Lipinski definition) is 6. The Morgan fingerprint density at radius 1 is 1.17 bits per heavy atom. The number of nitriles is 1. The fourth-order valence-corrected chi connectivity index (χ4v) is 3.05. The van der Waals surface area contributed by atoms with E-state index in [0.717, 1.165) is 0 Å². The quantitative estimate of drug-likeness (QED) is 0.592. The molecular weight excluding hydrogens is 394 g/mol. The lowest BCUT2D eigenvalue weighted by molar-refractivity contribution is 0.0975. The van der Waals surface area contributed by atoms with Crippen molar-refractivity contribution in [3.8, 4) is 17.6 Å². The second-order valence-electron chi connectivity index (χ2n) is 6.07. The van der Waals surface area contributed by atoms with Crippen LogP contribution in [0.1, 0.15) is 35.9 Å². The highest BCUT2D eigenvalue weighted by Gasteiger charge is 2.26. The van der Waals surface area contributed by atoms with Crippen LogP contribution in [0.15, 0.2) is 41.2 Å². The molecule has 7 nitrogen and oxygen atoms in total. The number of hydrogen-bond donors (Lipinski definition) is 1. The number of benzene rings is 2. The molecule has 0 saturated heterocycles. The van der Waals surface area contributed by atoms with E-state index < -0.39 is 17.3 Å². The molecule has 148 valence electrons. The van der Waals surface area contributed by atoms with Gasteiger partial charge in [-0.05, 0) is 50.2 Å². The first-order valence-corrected chi connectivity index (χ1v) is 9.39. The van der Waals surface area contributed by atoms with E-state index in [4.69, 9.17) is 21.1 Å². The van der Waals surface area contributed by atoms with Crippen LogP contribution in [0.2, 0.25) is 5.02 Å². The Balaban J connectivity index is 2.03. The van der Waals surface area contributed by atoms with Crippen molar-refractivity contribution in [2.45, 2.75) is 19.8 Å². The minimum Gasteiger partial charge on any atom is -0.490 e. The number of carbonyl (C=O) groups is 1. The minimum absolute atomic E-state index is 0.0379. The highest BCUT2D eigenvalue weighted by atomic mass is 35.5. The maximum Gasteiger partial charge on any atom is 0.258 e. The first kappa shape index (κ1) is 20.4. The molecule has 2 aromatic carbocycles. The molecule has 1 unspecified atom stereocenters. The van der Waals surface area contributed by atoms with E-state index in [1.165, 1.54) is 18.2 Å². The predicted molar refractivity (Wildman–Crippen MR) is 109 cm³/mol.